The smallest absolute Gasteiger partial charge is 0.270 e. The lowest BCUT2D eigenvalue weighted by Crippen LogP contribution is -2.24. The highest BCUT2D eigenvalue weighted by molar-refractivity contribution is 5.86. The number of nitrogens with one attached hydrogen (secondary N) is 1. The molecule has 1 aliphatic carbocycles. The minimum atomic E-state index is -0.0928. The van der Waals surface area contributed by atoms with Gasteiger partial charge in [0.1, 0.15) is 5.52 Å². The van der Waals surface area contributed by atoms with Crippen LogP contribution in [0.25, 0.3) is 21.9 Å². The highest BCUT2D eigenvalue weighted by atomic mass is 16.1. The normalized spacial score (nSPS) is 15.0. The van der Waals surface area contributed by atoms with Gasteiger partial charge < -0.3 is 9.88 Å². The molecule has 3 heterocycles. The third-order valence-electron chi connectivity index (χ3n) is 5.25. The van der Waals surface area contributed by atoms with E-state index in [0.717, 1.165) is 36.8 Å². The fourth-order valence-electron chi connectivity index (χ4n) is 3.99. The molecule has 4 aromatic rings. The van der Waals surface area contributed by atoms with Crippen molar-refractivity contribution in [2.75, 3.05) is 5.32 Å². The van der Waals surface area contributed by atoms with E-state index >= 15 is 0 Å². The number of nitrogens with zero attached hydrogens (tertiary/aromatic N) is 5. The lowest BCUT2D eigenvalue weighted by Gasteiger charge is -2.15. The van der Waals surface area contributed by atoms with E-state index in [4.69, 9.17) is 0 Å². The zero-order chi connectivity index (χ0) is 18.4. The molecule has 136 valence electrons. The summed E-state index contributed by atoms with van der Waals surface area (Å²) in [5.74, 6) is 0.469. The molecule has 3 aromatic heterocycles. The third kappa shape index (κ3) is 2.85. The molecule has 0 spiro atoms. The first-order valence-corrected chi connectivity index (χ1v) is 9.24. The summed E-state index contributed by atoms with van der Waals surface area (Å²) < 4.78 is 3.83. The third-order valence-corrected chi connectivity index (χ3v) is 5.25. The molecule has 0 saturated heterocycles. The van der Waals surface area contributed by atoms with Crippen molar-refractivity contribution in [3.63, 3.8) is 0 Å². The first kappa shape index (κ1) is 16.0. The van der Waals surface area contributed by atoms with E-state index in [-0.39, 0.29) is 11.6 Å². The van der Waals surface area contributed by atoms with Gasteiger partial charge in [0.05, 0.1) is 12.4 Å². The minimum Gasteiger partial charge on any atom is -0.356 e. The zero-order valence-corrected chi connectivity index (χ0v) is 15.1. The molecule has 1 saturated carbocycles. The standard InChI is InChI=1S/C20H20N6O/c1-25-11-13-6-7-15(8-14(13)12-25)23-20-22-9-17-19(24-20)26(18(27)10-21-17)16-4-2-3-5-16/h6-12,16H,2-5H2,1H3,(H,22,23,24). The second kappa shape index (κ2) is 6.19. The Kier molecular flexibility index (Phi) is 3.67. The van der Waals surface area contributed by atoms with Crippen LogP contribution in [0.3, 0.4) is 0 Å². The van der Waals surface area contributed by atoms with Crippen molar-refractivity contribution >= 4 is 33.6 Å². The number of aromatic nitrogens is 5. The summed E-state index contributed by atoms with van der Waals surface area (Å²) in [6.45, 7) is 0. The fraction of sp³-hybridized carbons (Fsp3) is 0.300. The fourth-order valence-corrected chi connectivity index (χ4v) is 3.99. The summed E-state index contributed by atoms with van der Waals surface area (Å²) in [4.78, 5) is 25.7. The molecule has 1 aromatic carbocycles. The Labute approximate surface area is 155 Å². The predicted octanol–water partition coefficient (Wildman–Crippen LogP) is 3.54. The predicted molar refractivity (Wildman–Crippen MR) is 105 cm³/mol. The number of benzene rings is 1. The average molecular weight is 360 g/mol. The molecule has 27 heavy (non-hydrogen) atoms. The van der Waals surface area contributed by atoms with E-state index in [0.29, 0.717) is 17.1 Å². The Balaban J connectivity index is 1.56. The van der Waals surface area contributed by atoms with Crippen LogP contribution < -0.4 is 10.9 Å². The van der Waals surface area contributed by atoms with Crippen LogP contribution in [0.5, 0.6) is 0 Å². The molecule has 0 amide bonds. The van der Waals surface area contributed by atoms with E-state index in [1.165, 1.54) is 11.6 Å². The van der Waals surface area contributed by atoms with Crippen LogP contribution in [0.2, 0.25) is 0 Å². The molecule has 5 rings (SSSR count). The topological polar surface area (TPSA) is 77.6 Å². The molecule has 1 fully saturated rings. The summed E-state index contributed by atoms with van der Waals surface area (Å²) in [6.07, 6.45) is 11.5. The monoisotopic (exact) mass is 360 g/mol. The highest BCUT2D eigenvalue weighted by Crippen LogP contribution is 2.30. The molecule has 0 radical (unpaired) electrons. The van der Waals surface area contributed by atoms with E-state index in [1.54, 1.807) is 10.8 Å². The molecule has 1 N–H and O–H groups in total. The van der Waals surface area contributed by atoms with Crippen molar-refractivity contribution in [3.05, 3.63) is 53.3 Å². The molecule has 7 nitrogen and oxygen atoms in total. The van der Waals surface area contributed by atoms with Gasteiger partial charge in [-0.15, -0.1) is 0 Å². The average Bonchev–Trinajstić information content (AvgIpc) is 3.30. The Morgan fingerprint density at radius 1 is 1.07 bits per heavy atom. The molecular formula is C20H20N6O. The van der Waals surface area contributed by atoms with Crippen molar-refractivity contribution in [2.24, 2.45) is 7.05 Å². The van der Waals surface area contributed by atoms with Gasteiger partial charge in [0, 0.05) is 36.6 Å². The van der Waals surface area contributed by atoms with Crippen LogP contribution in [0.1, 0.15) is 31.7 Å². The van der Waals surface area contributed by atoms with Crippen molar-refractivity contribution < 1.29 is 0 Å². The maximum atomic E-state index is 12.5. The first-order valence-electron chi connectivity index (χ1n) is 9.24. The van der Waals surface area contributed by atoms with Crippen molar-refractivity contribution in [1.29, 1.82) is 0 Å². The summed E-state index contributed by atoms with van der Waals surface area (Å²) in [5, 5.41) is 5.59. The number of aryl methyl sites for hydroxylation is 1. The van der Waals surface area contributed by atoms with Gasteiger partial charge in [-0.05, 0) is 30.4 Å². The number of hydrogen-bond donors (Lipinski definition) is 1. The Hall–Kier alpha value is -3.22. The van der Waals surface area contributed by atoms with Crippen LogP contribution in [0.15, 0.2) is 47.8 Å². The van der Waals surface area contributed by atoms with E-state index in [2.05, 4.69) is 44.8 Å². The SMILES string of the molecule is Cn1cc2ccc(Nc3ncc4ncc(=O)n(C5CCCC5)c4n3)cc2c1. The maximum absolute atomic E-state index is 12.5. The quantitative estimate of drug-likeness (QED) is 0.605. The number of rotatable bonds is 3. The van der Waals surface area contributed by atoms with Crippen LogP contribution in [0.4, 0.5) is 11.6 Å². The molecule has 0 aliphatic heterocycles. The van der Waals surface area contributed by atoms with Crippen LogP contribution in [0, 0.1) is 0 Å². The summed E-state index contributed by atoms with van der Waals surface area (Å²) in [7, 11) is 2.01. The van der Waals surface area contributed by atoms with E-state index in [9.17, 15) is 4.79 Å². The Morgan fingerprint density at radius 2 is 1.89 bits per heavy atom. The molecular weight excluding hydrogens is 340 g/mol. The summed E-state index contributed by atoms with van der Waals surface area (Å²) in [6, 6.07) is 6.33. The number of anilines is 2. The Morgan fingerprint density at radius 3 is 2.74 bits per heavy atom. The van der Waals surface area contributed by atoms with Crippen LogP contribution in [-0.2, 0) is 7.05 Å². The maximum Gasteiger partial charge on any atom is 0.270 e. The van der Waals surface area contributed by atoms with Gasteiger partial charge in [0.25, 0.3) is 5.56 Å². The van der Waals surface area contributed by atoms with Gasteiger partial charge in [0.15, 0.2) is 5.65 Å². The number of hydrogen-bond acceptors (Lipinski definition) is 5. The zero-order valence-electron chi connectivity index (χ0n) is 15.1. The van der Waals surface area contributed by atoms with Crippen molar-refractivity contribution in [3.8, 4) is 0 Å². The van der Waals surface area contributed by atoms with Gasteiger partial charge in [-0.3, -0.25) is 9.36 Å². The lowest BCUT2D eigenvalue weighted by molar-refractivity contribution is 0.514. The first-order chi connectivity index (χ1) is 13.2. The molecule has 0 bridgehead atoms. The number of fused-ring (bicyclic) bond motifs is 2. The molecule has 1 aliphatic rings. The van der Waals surface area contributed by atoms with Gasteiger partial charge in [-0.2, -0.15) is 4.98 Å². The van der Waals surface area contributed by atoms with E-state index < -0.39 is 0 Å². The molecule has 7 heteroatoms. The largest absolute Gasteiger partial charge is 0.356 e. The Bertz CT molecular complexity index is 1200. The van der Waals surface area contributed by atoms with Crippen molar-refractivity contribution in [2.45, 2.75) is 31.7 Å². The summed E-state index contributed by atoms with van der Waals surface area (Å²) >= 11 is 0. The molecule has 0 atom stereocenters. The second-order valence-electron chi connectivity index (χ2n) is 7.20. The van der Waals surface area contributed by atoms with Gasteiger partial charge >= 0.3 is 0 Å². The van der Waals surface area contributed by atoms with Gasteiger partial charge in [-0.1, -0.05) is 18.9 Å². The highest BCUT2D eigenvalue weighted by Gasteiger charge is 2.21. The summed E-state index contributed by atoms with van der Waals surface area (Å²) in [5.41, 5.74) is 2.06. The molecule has 0 unspecified atom stereocenters. The van der Waals surface area contributed by atoms with E-state index in [1.807, 2.05) is 17.7 Å². The van der Waals surface area contributed by atoms with Gasteiger partial charge in [0.2, 0.25) is 5.95 Å². The minimum absolute atomic E-state index is 0.0928. The van der Waals surface area contributed by atoms with Crippen molar-refractivity contribution in [1.82, 2.24) is 24.1 Å². The van der Waals surface area contributed by atoms with Crippen LogP contribution >= 0.6 is 0 Å². The lowest BCUT2D eigenvalue weighted by atomic mass is 10.2. The van der Waals surface area contributed by atoms with Gasteiger partial charge in [-0.25, -0.2) is 9.97 Å². The second-order valence-corrected chi connectivity index (χ2v) is 7.20. The van der Waals surface area contributed by atoms with Crippen LogP contribution in [-0.4, -0.2) is 24.1 Å².